The average molecular weight is 189 g/mol. The van der Waals surface area contributed by atoms with Crippen LogP contribution in [0.1, 0.15) is 0 Å². The first-order valence-corrected chi connectivity index (χ1v) is 3.87. The Hall–Kier alpha value is -2.15. The molecule has 0 aromatic heterocycles. The summed E-state index contributed by atoms with van der Waals surface area (Å²) in [6.45, 7) is 0.106. The molecule has 0 bridgehead atoms. The van der Waals surface area contributed by atoms with Gasteiger partial charge in [-0.3, -0.25) is 0 Å². The quantitative estimate of drug-likeness (QED) is 0.409. The second kappa shape index (κ2) is 5.49. The van der Waals surface area contributed by atoms with Crippen LogP contribution in [0.25, 0.3) is 0 Å². The molecule has 0 fully saturated rings. The van der Waals surface area contributed by atoms with Gasteiger partial charge in [-0.05, 0) is 12.1 Å². The first kappa shape index (κ1) is 9.93. The number of isocyanates is 1. The third kappa shape index (κ3) is 2.72. The van der Waals surface area contributed by atoms with Crippen LogP contribution in [0, 0.1) is 0 Å². The van der Waals surface area contributed by atoms with Gasteiger partial charge in [0.15, 0.2) is 0 Å². The van der Waals surface area contributed by atoms with Crippen LogP contribution in [0.2, 0.25) is 0 Å². The third-order valence-corrected chi connectivity index (χ3v) is 1.44. The fraction of sp³-hybridized carbons (Fsp3) is 0.100. The van der Waals surface area contributed by atoms with Crippen molar-refractivity contribution in [3.05, 3.63) is 30.3 Å². The lowest BCUT2D eigenvalue weighted by Crippen LogP contribution is -1.93. The van der Waals surface area contributed by atoms with Crippen molar-refractivity contribution in [1.82, 2.24) is 0 Å². The van der Waals surface area contributed by atoms with Gasteiger partial charge in [0.2, 0.25) is 6.08 Å². The average Bonchev–Trinajstić information content (AvgIpc) is 2.21. The Balaban J connectivity index is 2.83. The van der Waals surface area contributed by atoms with E-state index in [1.54, 1.807) is 30.2 Å². The molecule has 0 saturated carbocycles. The first-order chi connectivity index (χ1) is 6.88. The molecule has 0 radical (unpaired) electrons. The van der Waals surface area contributed by atoms with E-state index in [0.29, 0.717) is 11.4 Å². The van der Waals surface area contributed by atoms with Gasteiger partial charge >= 0.3 is 0 Å². The zero-order valence-corrected chi connectivity index (χ0v) is 7.27. The number of rotatable bonds is 4. The Morgan fingerprint density at radius 1 is 1.36 bits per heavy atom. The summed E-state index contributed by atoms with van der Waals surface area (Å²) in [5, 5.41) is 0. The van der Waals surface area contributed by atoms with Crippen molar-refractivity contribution in [2.24, 2.45) is 4.99 Å². The van der Waals surface area contributed by atoms with Crippen molar-refractivity contribution in [3.8, 4) is 5.75 Å². The summed E-state index contributed by atoms with van der Waals surface area (Å²) in [5.74, 6) is 2.01. The molecule has 1 aromatic carbocycles. The fourth-order valence-electron chi connectivity index (χ4n) is 0.886. The van der Waals surface area contributed by atoms with Crippen LogP contribution in [0.4, 0.5) is 5.69 Å². The van der Waals surface area contributed by atoms with Crippen LogP contribution in [0.3, 0.4) is 0 Å². The molecule has 14 heavy (non-hydrogen) atoms. The Kier molecular flexibility index (Phi) is 3.89. The topological polar surface area (TPSA) is 55.7 Å². The van der Waals surface area contributed by atoms with Crippen LogP contribution in [-0.4, -0.2) is 18.6 Å². The molecule has 0 spiro atoms. The van der Waals surface area contributed by atoms with Gasteiger partial charge in [-0.1, -0.05) is 12.1 Å². The molecule has 0 aliphatic heterocycles. The summed E-state index contributed by atoms with van der Waals surface area (Å²) < 4.78 is 5.14. The van der Waals surface area contributed by atoms with Crippen molar-refractivity contribution < 1.29 is 14.3 Å². The highest BCUT2D eigenvalue weighted by Gasteiger charge is 1.99. The predicted molar refractivity (Wildman–Crippen MR) is 50.0 cm³/mol. The second-order valence-electron chi connectivity index (χ2n) is 2.30. The lowest BCUT2D eigenvalue weighted by atomic mass is 10.3. The van der Waals surface area contributed by atoms with Crippen LogP contribution in [0.15, 0.2) is 35.3 Å². The molecule has 4 heteroatoms. The van der Waals surface area contributed by atoms with Crippen molar-refractivity contribution in [1.29, 1.82) is 0 Å². The number of aliphatic imine (C=N–C) groups is 1. The smallest absolute Gasteiger partial charge is 0.240 e. The zero-order valence-electron chi connectivity index (χ0n) is 7.27. The van der Waals surface area contributed by atoms with E-state index in [4.69, 9.17) is 4.74 Å². The van der Waals surface area contributed by atoms with Gasteiger partial charge in [-0.15, -0.1) is 0 Å². The standard InChI is InChI=1S/C10H7NO3/c12-6-3-7-14-10-5-2-1-4-9(10)11-8-13/h1-5H,7H2. The van der Waals surface area contributed by atoms with E-state index in [-0.39, 0.29) is 6.61 Å². The molecule has 0 unspecified atom stereocenters. The number of ether oxygens (including phenoxy) is 1. The molecular formula is C10H7NO3. The molecule has 0 aliphatic carbocycles. The number of hydrogen-bond donors (Lipinski definition) is 0. The molecule has 0 amide bonds. The maximum Gasteiger partial charge on any atom is 0.240 e. The minimum atomic E-state index is 0.106. The molecule has 1 aromatic rings. The summed E-state index contributed by atoms with van der Waals surface area (Å²) in [7, 11) is 0. The molecule has 70 valence electrons. The molecule has 0 aliphatic rings. The van der Waals surface area contributed by atoms with Gasteiger partial charge in [-0.2, -0.15) is 4.99 Å². The van der Waals surface area contributed by atoms with Gasteiger partial charge in [0.1, 0.15) is 24.0 Å². The van der Waals surface area contributed by atoms with Gasteiger partial charge in [-0.25, -0.2) is 9.59 Å². The van der Waals surface area contributed by atoms with E-state index in [1.807, 2.05) is 0 Å². The Labute approximate surface area is 80.5 Å². The molecule has 0 heterocycles. The largest absolute Gasteiger partial charge is 0.486 e. The van der Waals surface area contributed by atoms with Crippen LogP contribution < -0.4 is 4.74 Å². The van der Waals surface area contributed by atoms with Crippen LogP contribution in [0.5, 0.6) is 5.75 Å². The van der Waals surface area contributed by atoms with E-state index >= 15 is 0 Å². The van der Waals surface area contributed by atoms with Crippen LogP contribution in [-0.2, 0) is 9.59 Å². The van der Waals surface area contributed by atoms with Crippen molar-refractivity contribution in [2.75, 3.05) is 6.61 Å². The fourth-order valence-corrected chi connectivity index (χ4v) is 0.886. The second-order valence-corrected chi connectivity index (χ2v) is 2.30. The van der Waals surface area contributed by atoms with Gasteiger partial charge in [0, 0.05) is 6.08 Å². The molecule has 1 rings (SSSR count). The Morgan fingerprint density at radius 2 is 2.14 bits per heavy atom. The molecule has 0 saturated heterocycles. The van der Waals surface area contributed by atoms with E-state index < -0.39 is 0 Å². The highest BCUT2D eigenvalue weighted by molar-refractivity contribution is 5.57. The summed E-state index contributed by atoms with van der Waals surface area (Å²) in [5.41, 5.74) is 0.391. The minimum absolute atomic E-state index is 0.106. The summed E-state index contributed by atoms with van der Waals surface area (Å²) >= 11 is 0. The number of benzene rings is 1. The Morgan fingerprint density at radius 3 is 2.86 bits per heavy atom. The highest BCUT2D eigenvalue weighted by atomic mass is 16.5. The summed E-state index contributed by atoms with van der Waals surface area (Å²) in [4.78, 5) is 23.3. The van der Waals surface area contributed by atoms with Crippen LogP contribution >= 0.6 is 0 Å². The minimum Gasteiger partial charge on any atom is -0.486 e. The highest BCUT2D eigenvalue weighted by Crippen LogP contribution is 2.25. The predicted octanol–water partition coefficient (Wildman–Crippen LogP) is 1.42. The third-order valence-electron chi connectivity index (χ3n) is 1.44. The van der Waals surface area contributed by atoms with E-state index in [0.717, 1.165) is 0 Å². The maximum atomic E-state index is 10.0. The van der Waals surface area contributed by atoms with E-state index in [1.165, 1.54) is 12.2 Å². The number of nitrogens with zero attached hydrogens (tertiary/aromatic N) is 1. The number of para-hydroxylation sites is 2. The lowest BCUT2D eigenvalue weighted by Gasteiger charge is -2.03. The van der Waals surface area contributed by atoms with Crippen molar-refractivity contribution in [3.63, 3.8) is 0 Å². The lowest BCUT2D eigenvalue weighted by molar-refractivity contribution is 0.364. The van der Waals surface area contributed by atoms with Gasteiger partial charge in [0.25, 0.3) is 0 Å². The summed E-state index contributed by atoms with van der Waals surface area (Å²) in [6.07, 6.45) is 2.62. The van der Waals surface area contributed by atoms with Crippen molar-refractivity contribution >= 4 is 17.7 Å². The molecule has 0 atom stereocenters. The van der Waals surface area contributed by atoms with E-state index in [2.05, 4.69) is 4.99 Å². The SMILES string of the molecule is O=C=CCOc1ccccc1N=C=O. The zero-order chi connectivity index (χ0) is 10.2. The number of hydrogen-bond acceptors (Lipinski definition) is 4. The van der Waals surface area contributed by atoms with Gasteiger partial charge < -0.3 is 4.74 Å². The summed E-state index contributed by atoms with van der Waals surface area (Å²) in [6, 6.07) is 6.72. The monoisotopic (exact) mass is 189 g/mol. The first-order valence-electron chi connectivity index (χ1n) is 3.87. The maximum absolute atomic E-state index is 10.0. The Bertz CT molecular complexity index is 402. The number of carbonyl (C=O) groups excluding carboxylic acids is 2. The molecule has 0 N–H and O–H groups in total. The van der Waals surface area contributed by atoms with E-state index in [9.17, 15) is 9.59 Å². The normalized spacial score (nSPS) is 8.29. The molecule has 4 nitrogen and oxygen atoms in total. The van der Waals surface area contributed by atoms with Gasteiger partial charge in [0.05, 0.1) is 0 Å². The molecular weight excluding hydrogens is 182 g/mol. The van der Waals surface area contributed by atoms with Crippen molar-refractivity contribution in [2.45, 2.75) is 0 Å².